The summed E-state index contributed by atoms with van der Waals surface area (Å²) in [7, 11) is 1.51. The molecule has 1 fully saturated rings. The van der Waals surface area contributed by atoms with E-state index in [0.29, 0.717) is 19.3 Å². The van der Waals surface area contributed by atoms with Gasteiger partial charge in [0.1, 0.15) is 0 Å². The lowest BCUT2D eigenvalue weighted by Crippen LogP contribution is -2.48. The zero-order chi connectivity index (χ0) is 17.0. The van der Waals surface area contributed by atoms with Crippen molar-refractivity contribution in [1.29, 1.82) is 0 Å². The van der Waals surface area contributed by atoms with Crippen LogP contribution in [0, 0.1) is 12.3 Å². The van der Waals surface area contributed by atoms with Crippen molar-refractivity contribution in [2.75, 3.05) is 13.7 Å². The van der Waals surface area contributed by atoms with Gasteiger partial charge in [0.05, 0.1) is 5.60 Å². The van der Waals surface area contributed by atoms with E-state index in [1.165, 1.54) is 7.11 Å². The molecular weight excluding hydrogens is 304 g/mol. The van der Waals surface area contributed by atoms with Crippen LogP contribution in [-0.4, -0.2) is 36.7 Å². The lowest BCUT2D eigenvalue weighted by molar-refractivity contribution is -0.129. The summed E-state index contributed by atoms with van der Waals surface area (Å²) >= 11 is 0. The van der Waals surface area contributed by atoms with Crippen molar-refractivity contribution in [3.05, 3.63) is 0 Å². The van der Waals surface area contributed by atoms with E-state index in [2.05, 4.69) is 21.5 Å². The molecule has 0 unspecified atom stereocenters. The minimum atomic E-state index is -2.62. The number of ether oxygens (including phenoxy) is 1. The molecule has 1 N–H and O–H groups in total. The summed E-state index contributed by atoms with van der Waals surface area (Å²) in [6.07, 6.45) is 7.35. The molecule has 2 aliphatic rings. The van der Waals surface area contributed by atoms with Gasteiger partial charge in [0.2, 0.25) is 11.8 Å². The molecule has 1 amide bonds. The van der Waals surface area contributed by atoms with Gasteiger partial charge in [-0.3, -0.25) is 4.79 Å². The van der Waals surface area contributed by atoms with Crippen LogP contribution in [0.4, 0.5) is 8.78 Å². The summed E-state index contributed by atoms with van der Waals surface area (Å²) in [4.78, 5) is 12.0. The SMILES string of the molecule is C#CCCC1(CCC(=O)NCC2(OC)CCC(F)(F)CC2)N=N1. The van der Waals surface area contributed by atoms with Gasteiger partial charge < -0.3 is 10.1 Å². The molecule has 1 aliphatic heterocycles. The van der Waals surface area contributed by atoms with Gasteiger partial charge in [0.15, 0.2) is 5.66 Å². The standard InChI is InChI=1S/C16H23F2N3O2/c1-3-4-6-16(20-21-16)7-5-13(22)19-12-14(23-2)8-10-15(17,18)11-9-14/h1H,4-12H2,2H3,(H,19,22). The first-order chi connectivity index (χ1) is 10.8. The highest BCUT2D eigenvalue weighted by Crippen LogP contribution is 2.40. The zero-order valence-corrected chi connectivity index (χ0v) is 13.4. The van der Waals surface area contributed by atoms with Gasteiger partial charge in [-0.25, -0.2) is 8.78 Å². The van der Waals surface area contributed by atoms with Crippen LogP contribution in [0.1, 0.15) is 51.4 Å². The molecule has 128 valence electrons. The highest BCUT2D eigenvalue weighted by Gasteiger charge is 2.44. The Labute approximate surface area is 135 Å². The van der Waals surface area contributed by atoms with E-state index in [4.69, 9.17) is 11.2 Å². The monoisotopic (exact) mass is 327 g/mol. The van der Waals surface area contributed by atoms with Gasteiger partial charge in [-0.2, -0.15) is 10.2 Å². The lowest BCUT2D eigenvalue weighted by atomic mass is 9.82. The van der Waals surface area contributed by atoms with E-state index in [1.807, 2.05) is 0 Å². The molecule has 7 heteroatoms. The summed E-state index contributed by atoms with van der Waals surface area (Å²) in [6, 6.07) is 0. The Balaban J connectivity index is 1.72. The van der Waals surface area contributed by atoms with Gasteiger partial charge in [-0.05, 0) is 12.8 Å². The van der Waals surface area contributed by atoms with Crippen LogP contribution in [0.15, 0.2) is 10.2 Å². The molecule has 0 aromatic heterocycles. The van der Waals surface area contributed by atoms with Crippen molar-refractivity contribution in [3.8, 4) is 12.3 Å². The summed E-state index contributed by atoms with van der Waals surface area (Å²) in [5.74, 6) is -0.223. The predicted molar refractivity (Wildman–Crippen MR) is 81.1 cm³/mol. The number of hydrogen-bond acceptors (Lipinski definition) is 4. The average Bonchev–Trinajstić information content (AvgIpc) is 3.31. The summed E-state index contributed by atoms with van der Waals surface area (Å²) in [5.41, 5.74) is -1.16. The van der Waals surface area contributed by atoms with Crippen LogP contribution >= 0.6 is 0 Å². The third-order valence-electron chi connectivity index (χ3n) is 4.74. The first-order valence-electron chi connectivity index (χ1n) is 7.92. The van der Waals surface area contributed by atoms with Crippen molar-refractivity contribution in [1.82, 2.24) is 5.32 Å². The van der Waals surface area contributed by atoms with Crippen LogP contribution in [0.25, 0.3) is 0 Å². The summed E-state index contributed by atoms with van der Waals surface area (Å²) in [6.45, 7) is 0.254. The van der Waals surface area contributed by atoms with Crippen molar-refractivity contribution in [3.63, 3.8) is 0 Å². The summed E-state index contributed by atoms with van der Waals surface area (Å²) in [5, 5.41) is 10.8. The van der Waals surface area contributed by atoms with Crippen molar-refractivity contribution < 1.29 is 18.3 Å². The van der Waals surface area contributed by atoms with Crippen molar-refractivity contribution >= 4 is 5.91 Å². The number of nitrogens with zero attached hydrogens (tertiary/aromatic N) is 2. The van der Waals surface area contributed by atoms with Gasteiger partial charge in [-0.15, -0.1) is 12.3 Å². The second kappa shape index (κ2) is 6.91. The number of nitrogens with one attached hydrogen (secondary N) is 1. The molecule has 0 radical (unpaired) electrons. The number of hydrogen-bond donors (Lipinski definition) is 1. The third kappa shape index (κ3) is 4.96. The van der Waals surface area contributed by atoms with Gasteiger partial charge >= 0.3 is 0 Å². The number of terminal acetylenes is 1. The van der Waals surface area contributed by atoms with Crippen LogP contribution in [0.5, 0.6) is 0 Å². The van der Waals surface area contributed by atoms with Crippen LogP contribution in [-0.2, 0) is 9.53 Å². The molecule has 0 spiro atoms. The molecule has 2 rings (SSSR count). The largest absolute Gasteiger partial charge is 0.376 e. The fourth-order valence-electron chi connectivity index (χ4n) is 2.85. The van der Waals surface area contributed by atoms with Crippen LogP contribution in [0.2, 0.25) is 0 Å². The molecular formula is C16H23F2N3O2. The average molecular weight is 327 g/mol. The van der Waals surface area contributed by atoms with E-state index in [9.17, 15) is 13.6 Å². The van der Waals surface area contributed by atoms with E-state index in [0.717, 1.165) is 0 Å². The number of carbonyl (C=O) groups is 1. The molecule has 1 aliphatic carbocycles. The molecule has 23 heavy (non-hydrogen) atoms. The molecule has 0 aromatic carbocycles. The Morgan fingerprint density at radius 2 is 1.91 bits per heavy atom. The molecule has 1 saturated carbocycles. The first kappa shape index (κ1) is 17.8. The van der Waals surface area contributed by atoms with E-state index >= 15 is 0 Å². The number of rotatable bonds is 8. The number of methoxy groups -OCH3 is 1. The van der Waals surface area contributed by atoms with Crippen LogP contribution in [0.3, 0.4) is 0 Å². The minimum Gasteiger partial charge on any atom is -0.376 e. The minimum absolute atomic E-state index is 0.142. The Morgan fingerprint density at radius 1 is 1.26 bits per heavy atom. The Morgan fingerprint density at radius 3 is 2.43 bits per heavy atom. The molecule has 0 atom stereocenters. The Kier molecular flexibility index (Phi) is 5.35. The number of halogens is 2. The second-order valence-corrected chi connectivity index (χ2v) is 6.41. The lowest BCUT2D eigenvalue weighted by Gasteiger charge is -2.39. The fourth-order valence-corrected chi connectivity index (χ4v) is 2.85. The maximum Gasteiger partial charge on any atom is 0.248 e. The summed E-state index contributed by atoms with van der Waals surface area (Å²) < 4.78 is 32.0. The number of amides is 1. The maximum absolute atomic E-state index is 13.3. The number of carbonyl (C=O) groups excluding carboxylic acids is 1. The highest BCUT2D eigenvalue weighted by molar-refractivity contribution is 5.76. The smallest absolute Gasteiger partial charge is 0.248 e. The topological polar surface area (TPSA) is 63.0 Å². The van der Waals surface area contributed by atoms with Crippen molar-refractivity contribution in [2.24, 2.45) is 10.2 Å². The predicted octanol–water partition coefficient (Wildman–Crippen LogP) is 3.05. The van der Waals surface area contributed by atoms with E-state index in [1.54, 1.807) is 0 Å². The third-order valence-corrected chi connectivity index (χ3v) is 4.74. The van der Waals surface area contributed by atoms with E-state index in [-0.39, 0.29) is 44.6 Å². The quantitative estimate of drug-likeness (QED) is 0.697. The zero-order valence-electron chi connectivity index (χ0n) is 13.4. The van der Waals surface area contributed by atoms with Crippen molar-refractivity contribution in [2.45, 2.75) is 68.6 Å². The van der Waals surface area contributed by atoms with E-state index < -0.39 is 17.2 Å². The number of alkyl halides is 2. The van der Waals surface area contributed by atoms with Gasteiger partial charge in [-0.1, -0.05) is 0 Å². The molecule has 1 heterocycles. The molecule has 0 aromatic rings. The molecule has 0 saturated heterocycles. The van der Waals surface area contributed by atoms with Gasteiger partial charge in [0.25, 0.3) is 0 Å². The maximum atomic E-state index is 13.3. The second-order valence-electron chi connectivity index (χ2n) is 6.41. The van der Waals surface area contributed by atoms with Crippen LogP contribution < -0.4 is 5.32 Å². The molecule has 5 nitrogen and oxygen atoms in total. The Hall–Kier alpha value is -1.55. The normalized spacial score (nSPS) is 23.0. The first-order valence-corrected chi connectivity index (χ1v) is 7.92. The van der Waals surface area contributed by atoms with Gasteiger partial charge in [0, 0.05) is 52.2 Å². The molecule has 0 bridgehead atoms. The Bertz CT molecular complexity index is 498. The fraction of sp³-hybridized carbons (Fsp3) is 0.812. The highest BCUT2D eigenvalue weighted by atomic mass is 19.3.